The Morgan fingerprint density at radius 2 is 2.15 bits per heavy atom. The number of aryl methyl sites for hydroxylation is 3. The Labute approximate surface area is 158 Å². The van der Waals surface area contributed by atoms with Gasteiger partial charge in [-0.15, -0.1) is 0 Å². The summed E-state index contributed by atoms with van der Waals surface area (Å²) in [6, 6.07) is 7.68. The van der Waals surface area contributed by atoms with E-state index in [0.29, 0.717) is 37.4 Å². The van der Waals surface area contributed by atoms with Crippen molar-refractivity contribution in [1.29, 1.82) is 0 Å². The van der Waals surface area contributed by atoms with Crippen molar-refractivity contribution in [1.82, 2.24) is 19.7 Å². The van der Waals surface area contributed by atoms with Crippen LogP contribution in [0.5, 0.6) is 0 Å². The van der Waals surface area contributed by atoms with Crippen molar-refractivity contribution in [2.24, 2.45) is 0 Å². The van der Waals surface area contributed by atoms with Crippen LogP contribution in [0.4, 0.5) is 0 Å². The van der Waals surface area contributed by atoms with Crippen LogP contribution in [-0.4, -0.2) is 26.3 Å². The minimum Gasteiger partial charge on any atom is -0.353 e. The monoisotopic (exact) mass is 376 g/mol. The molecule has 1 N–H and O–H groups in total. The zero-order valence-electron chi connectivity index (χ0n) is 15.1. The number of carbonyl (C=O) groups is 1. The number of nitrogens with one attached hydrogen (secondary N) is 1. The molecule has 0 bridgehead atoms. The van der Waals surface area contributed by atoms with Gasteiger partial charge in [-0.2, -0.15) is 5.10 Å². The molecule has 1 atom stereocenters. The highest BCUT2D eigenvalue weighted by Crippen LogP contribution is 2.17. The van der Waals surface area contributed by atoms with Crippen LogP contribution in [0.3, 0.4) is 0 Å². The maximum Gasteiger partial charge on any atom is 0.345 e. The van der Waals surface area contributed by atoms with E-state index in [1.54, 1.807) is 9.25 Å². The maximum atomic E-state index is 12.3. The van der Waals surface area contributed by atoms with E-state index in [4.69, 9.17) is 11.6 Å². The Bertz CT molecular complexity index is 827. The molecule has 1 aromatic heterocycles. The average molecular weight is 377 g/mol. The zero-order valence-corrected chi connectivity index (χ0v) is 15.8. The number of nitrogens with zero attached hydrogens (tertiary/aromatic N) is 3. The first-order valence-corrected chi connectivity index (χ1v) is 9.65. The Balaban J connectivity index is 1.53. The van der Waals surface area contributed by atoms with Gasteiger partial charge in [0.1, 0.15) is 5.82 Å². The van der Waals surface area contributed by atoms with Gasteiger partial charge in [0.25, 0.3) is 0 Å². The number of aromatic nitrogens is 3. The Morgan fingerprint density at radius 3 is 2.92 bits per heavy atom. The molecule has 0 radical (unpaired) electrons. The molecule has 26 heavy (non-hydrogen) atoms. The van der Waals surface area contributed by atoms with Crippen LogP contribution in [-0.2, 0) is 30.7 Å². The quantitative estimate of drug-likeness (QED) is 0.842. The lowest BCUT2D eigenvalue weighted by Crippen LogP contribution is -2.36. The van der Waals surface area contributed by atoms with Gasteiger partial charge in [0.2, 0.25) is 5.91 Å². The fraction of sp³-hybridized carbons (Fsp3) is 0.526. The van der Waals surface area contributed by atoms with Gasteiger partial charge in [-0.05, 0) is 37.3 Å². The molecule has 0 saturated carbocycles. The van der Waals surface area contributed by atoms with Crippen LogP contribution < -0.4 is 11.0 Å². The average Bonchev–Trinajstić information content (AvgIpc) is 2.79. The molecule has 1 aromatic carbocycles. The number of hydrogen-bond acceptors (Lipinski definition) is 3. The van der Waals surface area contributed by atoms with E-state index in [2.05, 4.69) is 10.4 Å². The third-order valence-corrected chi connectivity index (χ3v) is 5.17. The van der Waals surface area contributed by atoms with E-state index < -0.39 is 0 Å². The molecule has 0 spiro atoms. The lowest BCUT2D eigenvalue weighted by atomic mass is 10.1. The number of amides is 1. The summed E-state index contributed by atoms with van der Waals surface area (Å²) in [5.74, 6) is 0.856. The number of carbonyl (C=O) groups excluding carboxylic acids is 1. The maximum absolute atomic E-state index is 12.3. The normalized spacial score (nSPS) is 16.8. The van der Waals surface area contributed by atoms with Crippen LogP contribution >= 0.6 is 11.6 Å². The summed E-state index contributed by atoms with van der Waals surface area (Å²) in [6.45, 7) is 3.29. The highest BCUT2D eigenvalue weighted by atomic mass is 35.5. The molecule has 0 fully saturated rings. The second-order valence-corrected chi connectivity index (χ2v) is 7.16. The number of fused-ring (bicyclic) bond motifs is 1. The van der Waals surface area contributed by atoms with Gasteiger partial charge >= 0.3 is 5.69 Å². The third-order valence-electron chi connectivity index (χ3n) is 4.80. The first-order valence-electron chi connectivity index (χ1n) is 9.27. The van der Waals surface area contributed by atoms with Gasteiger partial charge < -0.3 is 5.32 Å². The minimum atomic E-state index is -0.0347. The number of hydrogen-bond donors (Lipinski definition) is 1. The zero-order chi connectivity index (χ0) is 18.5. The molecule has 1 unspecified atom stereocenters. The largest absolute Gasteiger partial charge is 0.353 e. The van der Waals surface area contributed by atoms with Gasteiger partial charge in [-0.3, -0.25) is 9.36 Å². The summed E-state index contributed by atoms with van der Waals surface area (Å²) in [7, 11) is 0. The molecule has 1 aliphatic heterocycles. The molecule has 3 rings (SSSR count). The summed E-state index contributed by atoms with van der Waals surface area (Å²) < 4.78 is 3.31. The Morgan fingerprint density at radius 1 is 1.35 bits per heavy atom. The molecule has 2 aromatic rings. The number of rotatable bonds is 6. The van der Waals surface area contributed by atoms with Crippen molar-refractivity contribution >= 4 is 17.5 Å². The van der Waals surface area contributed by atoms with Crippen molar-refractivity contribution in [3.05, 3.63) is 51.2 Å². The van der Waals surface area contributed by atoms with Crippen molar-refractivity contribution < 1.29 is 4.79 Å². The van der Waals surface area contributed by atoms with E-state index in [1.807, 2.05) is 31.2 Å². The smallest absolute Gasteiger partial charge is 0.345 e. The van der Waals surface area contributed by atoms with Crippen molar-refractivity contribution in [2.75, 3.05) is 0 Å². The van der Waals surface area contributed by atoms with Crippen molar-refractivity contribution in [2.45, 2.75) is 64.6 Å². The highest BCUT2D eigenvalue weighted by molar-refractivity contribution is 6.31. The predicted molar refractivity (Wildman–Crippen MR) is 101 cm³/mol. The molecule has 1 aliphatic rings. The van der Waals surface area contributed by atoms with E-state index in [9.17, 15) is 9.59 Å². The van der Waals surface area contributed by atoms with E-state index in [-0.39, 0.29) is 17.6 Å². The summed E-state index contributed by atoms with van der Waals surface area (Å²) in [6.07, 6.45) is 4.19. The lowest BCUT2D eigenvalue weighted by molar-refractivity contribution is -0.121. The van der Waals surface area contributed by atoms with Crippen LogP contribution in [0, 0.1) is 0 Å². The fourth-order valence-electron chi connectivity index (χ4n) is 3.38. The van der Waals surface area contributed by atoms with Crippen LogP contribution in [0.25, 0.3) is 0 Å². The van der Waals surface area contributed by atoms with E-state index in [1.165, 1.54) is 0 Å². The first kappa shape index (κ1) is 18.7. The number of halogens is 1. The number of benzene rings is 1. The molecular formula is C19H25ClN4O2. The fourth-order valence-corrected chi connectivity index (χ4v) is 3.61. The van der Waals surface area contributed by atoms with Crippen molar-refractivity contribution in [3.63, 3.8) is 0 Å². The molecule has 0 saturated heterocycles. The predicted octanol–water partition coefficient (Wildman–Crippen LogP) is 2.56. The van der Waals surface area contributed by atoms with Gasteiger partial charge in [0, 0.05) is 37.0 Å². The minimum absolute atomic E-state index is 0.0258. The second-order valence-electron chi connectivity index (χ2n) is 6.76. The van der Waals surface area contributed by atoms with Crippen LogP contribution in [0.2, 0.25) is 5.02 Å². The second kappa shape index (κ2) is 8.54. The Hall–Kier alpha value is -2.08. The molecule has 0 aliphatic carbocycles. The van der Waals surface area contributed by atoms with Crippen LogP contribution in [0.15, 0.2) is 29.1 Å². The molecular weight excluding hydrogens is 352 g/mol. The van der Waals surface area contributed by atoms with Gasteiger partial charge in [-0.1, -0.05) is 36.7 Å². The van der Waals surface area contributed by atoms with Gasteiger partial charge in [0.05, 0.1) is 0 Å². The van der Waals surface area contributed by atoms with Crippen molar-refractivity contribution in [3.8, 4) is 0 Å². The van der Waals surface area contributed by atoms with E-state index >= 15 is 0 Å². The summed E-state index contributed by atoms with van der Waals surface area (Å²) in [5.41, 5.74) is 0.953. The molecule has 1 amide bonds. The SMILES string of the molecule is CCCn1nc2n(c1=O)CCC(NC(=O)CCc1ccccc1Cl)CC2. The highest BCUT2D eigenvalue weighted by Gasteiger charge is 2.21. The summed E-state index contributed by atoms with van der Waals surface area (Å²) in [4.78, 5) is 24.6. The topological polar surface area (TPSA) is 68.9 Å². The lowest BCUT2D eigenvalue weighted by Gasteiger charge is -2.16. The molecule has 6 nitrogen and oxygen atoms in total. The molecule has 2 heterocycles. The standard InChI is InChI=1S/C19H25ClN4O2/c1-2-12-24-19(26)23-13-11-15(8-9-17(23)22-24)21-18(25)10-7-14-5-3-4-6-16(14)20/h3-6,15H,2,7-13H2,1H3,(H,21,25). The van der Waals surface area contributed by atoms with Crippen LogP contribution in [0.1, 0.15) is 44.0 Å². The van der Waals surface area contributed by atoms with Gasteiger partial charge in [0.15, 0.2) is 0 Å². The molecule has 140 valence electrons. The van der Waals surface area contributed by atoms with Gasteiger partial charge in [-0.25, -0.2) is 9.48 Å². The van der Waals surface area contributed by atoms with E-state index in [0.717, 1.165) is 30.7 Å². The molecule has 7 heteroatoms. The first-order chi connectivity index (χ1) is 12.6. The third kappa shape index (κ3) is 4.36. The summed E-state index contributed by atoms with van der Waals surface area (Å²) >= 11 is 6.14. The Kier molecular flexibility index (Phi) is 6.14. The summed E-state index contributed by atoms with van der Waals surface area (Å²) in [5, 5.41) is 8.24.